The number of anilines is 1. The number of aromatic nitrogens is 1. The number of rotatable bonds is 5. The molecular weight excluding hydrogens is 458 g/mol. The number of fused-ring (bicyclic) bond motifs is 1. The van der Waals surface area contributed by atoms with Crippen molar-refractivity contribution in [2.24, 2.45) is 0 Å². The van der Waals surface area contributed by atoms with Gasteiger partial charge in [-0.2, -0.15) is 0 Å². The normalized spacial score (nSPS) is 12.7. The molecule has 3 amide bonds. The fourth-order valence-corrected chi connectivity index (χ4v) is 4.71. The first kappa shape index (κ1) is 21.1. The fourth-order valence-electron chi connectivity index (χ4n) is 3.77. The number of pyridine rings is 1. The molecule has 33 heavy (non-hydrogen) atoms. The lowest BCUT2D eigenvalue weighted by molar-refractivity contribution is 0.0642. The molecule has 8 heteroatoms. The molecule has 5 rings (SSSR count). The van der Waals surface area contributed by atoms with Crippen LogP contribution in [0.2, 0.25) is 4.34 Å². The summed E-state index contributed by atoms with van der Waals surface area (Å²) in [6.45, 7) is 0.119. The summed E-state index contributed by atoms with van der Waals surface area (Å²) in [5, 5.41) is 2.74. The predicted molar refractivity (Wildman–Crippen MR) is 128 cm³/mol. The number of hydrogen-bond acceptors (Lipinski definition) is 5. The van der Waals surface area contributed by atoms with Crippen LogP contribution in [0.25, 0.3) is 11.1 Å². The SMILES string of the molecule is O=C(Nc1cccc2c1C(=O)N(Cc1cccc(-c3cccnc3)c1)C2=O)c1ccc(Cl)s1. The van der Waals surface area contributed by atoms with Crippen LogP contribution in [0.4, 0.5) is 5.69 Å². The van der Waals surface area contributed by atoms with Crippen LogP contribution in [0.15, 0.2) is 79.1 Å². The van der Waals surface area contributed by atoms with Crippen molar-refractivity contribution in [2.45, 2.75) is 6.54 Å². The zero-order valence-electron chi connectivity index (χ0n) is 17.1. The molecule has 1 aliphatic rings. The highest BCUT2D eigenvalue weighted by Crippen LogP contribution is 2.32. The largest absolute Gasteiger partial charge is 0.321 e. The molecule has 1 N–H and O–H groups in total. The van der Waals surface area contributed by atoms with Gasteiger partial charge >= 0.3 is 0 Å². The second kappa shape index (κ2) is 8.61. The Morgan fingerprint density at radius 1 is 0.970 bits per heavy atom. The van der Waals surface area contributed by atoms with E-state index in [0.29, 0.717) is 14.9 Å². The first-order valence-corrected chi connectivity index (χ1v) is 11.3. The van der Waals surface area contributed by atoms with E-state index >= 15 is 0 Å². The van der Waals surface area contributed by atoms with E-state index in [1.807, 2.05) is 36.4 Å². The van der Waals surface area contributed by atoms with Gasteiger partial charge in [0.05, 0.1) is 32.6 Å². The third kappa shape index (κ3) is 4.04. The van der Waals surface area contributed by atoms with Gasteiger partial charge in [0, 0.05) is 12.4 Å². The van der Waals surface area contributed by atoms with E-state index in [-0.39, 0.29) is 23.6 Å². The summed E-state index contributed by atoms with van der Waals surface area (Å²) in [5.74, 6) is -1.22. The standard InChI is InChI=1S/C25H16ClN3O3S/c26-21-10-9-20(33-21)23(30)28-19-8-2-7-18-22(19)25(32)29(24(18)31)14-15-4-1-5-16(12-15)17-6-3-11-27-13-17/h1-13H,14H2,(H,28,30). The predicted octanol–water partition coefficient (Wildman–Crippen LogP) is 5.51. The minimum absolute atomic E-state index is 0.119. The number of carbonyl (C=O) groups is 3. The Balaban J connectivity index is 1.41. The van der Waals surface area contributed by atoms with Gasteiger partial charge in [-0.25, -0.2) is 0 Å². The van der Waals surface area contributed by atoms with Gasteiger partial charge in [0.1, 0.15) is 0 Å². The molecule has 2 aromatic carbocycles. The Morgan fingerprint density at radius 2 is 1.79 bits per heavy atom. The first-order chi connectivity index (χ1) is 16.0. The maximum atomic E-state index is 13.2. The minimum Gasteiger partial charge on any atom is -0.321 e. The zero-order chi connectivity index (χ0) is 22.9. The van der Waals surface area contributed by atoms with Crippen LogP contribution in [-0.4, -0.2) is 27.6 Å². The van der Waals surface area contributed by atoms with Crippen molar-refractivity contribution in [3.05, 3.63) is 105 Å². The number of hydrogen-bond donors (Lipinski definition) is 1. The van der Waals surface area contributed by atoms with E-state index in [1.54, 1.807) is 42.7 Å². The second-order valence-electron chi connectivity index (χ2n) is 7.42. The maximum Gasteiger partial charge on any atom is 0.265 e. The van der Waals surface area contributed by atoms with Crippen molar-refractivity contribution in [1.29, 1.82) is 0 Å². The molecule has 0 atom stereocenters. The number of halogens is 1. The summed E-state index contributed by atoms with van der Waals surface area (Å²) in [5.41, 5.74) is 3.46. The first-order valence-electron chi connectivity index (χ1n) is 10.1. The monoisotopic (exact) mass is 473 g/mol. The third-order valence-corrected chi connectivity index (χ3v) is 6.54. The molecule has 0 unspecified atom stereocenters. The molecule has 0 saturated carbocycles. The number of nitrogens with one attached hydrogen (secondary N) is 1. The van der Waals surface area contributed by atoms with Crippen molar-refractivity contribution >= 4 is 46.3 Å². The van der Waals surface area contributed by atoms with Crippen LogP contribution >= 0.6 is 22.9 Å². The molecule has 0 bridgehead atoms. The summed E-state index contributed by atoms with van der Waals surface area (Å²) in [6, 6.07) is 19.5. The van der Waals surface area contributed by atoms with Gasteiger partial charge in [-0.15, -0.1) is 11.3 Å². The van der Waals surface area contributed by atoms with Crippen LogP contribution in [0.3, 0.4) is 0 Å². The number of imide groups is 1. The highest BCUT2D eigenvalue weighted by atomic mass is 35.5. The molecule has 0 radical (unpaired) electrons. The van der Waals surface area contributed by atoms with Gasteiger partial charge in [-0.3, -0.25) is 24.3 Å². The lowest BCUT2D eigenvalue weighted by Crippen LogP contribution is -2.29. The van der Waals surface area contributed by atoms with Crippen molar-refractivity contribution in [2.75, 3.05) is 5.32 Å². The Bertz CT molecular complexity index is 1400. The molecule has 162 valence electrons. The van der Waals surface area contributed by atoms with Gasteiger partial charge in [0.25, 0.3) is 17.7 Å². The average molecular weight is 474 g/mol. The van der Waals surface area contributed by atoms with Crippen molar-refractivity contribution < 1.29 is 14.4 Å². The Morgan fingerprint density at radius 3 is 2.55 bits per heavy atom. The topological polar surface area (TPSA) is 79.4 Å². The Hall–Kier alpha value is -3.81. The van der Waals surface area contributed by atoms with Gasteiger partial charge in [0.2, 0.25) is 0 Å². The van der Waals surface area contributed by atoms with Gasteiger partial charge in [-0.1, -0.05) is 41.9 Å². The van der Waals surface area contributed by atoms with Crippen molar-refractivity contribution in [3.63, 3.8) is 0 Å². The van der Waals surface area contributed by atoms with Crippen LogP contribution in [-0.2, 0) is 6.54 Å². The van der Waals surface area contributed by atoms with Gasteiger partial charge in [-0.05, 0) is 53.1 Å². The highest BCUT2D eigenvalue weighted by Gasteiger charge is 2.37. The van der Waals surface area contributed by atoms with E-state index in [9.17, 15) is 14.4 Å². The van der Waals surface area contributed by atoms with Crippen LogP contribution in [0.1, 0.15) is 36.0 Å². The summed E-state index contributed by atoms with van der Waals surface area (Å²) in [4.78, 5) is 44.6. The molecule has 3 heterocycles. The third-order valence-electron chi connectivity index (χ3n) is 5.31. The smallest absolute Gasteiger partial charge is 0.265 e. The molecule has 0 fully saturated rings. The van der Waals surface area contributed by atoms with E-state index in [0.717, 1.165) is 28.0 Å². The van der Waals surface area contributed by atoms with Gasteiger partial charge in [0.15, 0.2) is 0 Å². The van der Waals surface area contributed by atoms with E-state index in [2.05, 4.69) is 10.3 Å². The highest BCUT2D eigenvalue weighted by molar-refractivity contribution is 7.18. The Labute approximate surface area is 198 Å². The number of amides is 3. The lowest BCUT2D eigenvalue weighted by atomic mass is 10.0. The summed E-state index contributed by atoms with van der Waals surface area (Å²) in [6.07, 6.45) is 3.46. The quantitative estimate of drug-likeness (QED) is 0.387. The molecule has 1 aliphatic heterocycles. The second-order valence-corrected chi connectivity index (χ2v) is 9.14. The van der Waals surface area contributed by atoms with Gasteiger partial charge < -0.3 is 5.32 Å². The zero-order valence-corrected chi connectivity index (χ0v) is 18.7. The molecule has 6 nitrogen and oxygen atoms in total. The average Bonchev–Trinajstić information content (AvgIpc) is 3.38. The summed E-state index contributed by atoms with van der Waals surface area (Å²) < 4.78 is 0.490. The van der Waals surface area contributed by atoms with Crippen LogP contribution < -0.4 is 5.32 Å². The molecular formula is C25H16ClN3O3S. The number of benzene rings is 2. The van der Waals surface area contributed by atoms with Crippen molar-refractivity contribution in [1.82, 2.24) is 9.88 Å². The molecule has 4 aromatic rings. The summed E-state index contributed by atoms with van der Waals surface area (Å²) in [7, 11) is 0. The molecule has 0 spiro atoms. The van der Waals surface area contributed by atoms with E-state index < -0.39 is 11.8 Å². The lowest BCUT2D eigenvalue weighted by Gasteiger charge is -2.15. The number of carbonyl (C=O) groups excluding carboxylic acids is 3. The van der Waals surface area contributed by atoms with E-state index in [1.165, 1.54) is 4.90 Å². The van der Waals surface area contributed by atoms with Crippen LogP contribution in [0, 0.1) is 0 Å². The van der Waals surface area contributed by atoms with Crippen LogP contribution in [0.5, 0.6) is 0 Å². The number of nitrogens with zero attached hydrogens (tertiary/aromatic N) is 2. The molecule has 0 aliphatic carbocycles. The Kier molecular flexibility index (Phi) is 5.50. The van der Waals surface area contributed by atoms with Crippen molar-refractivity contribution in [3.8, 4) is 11.1 Å². The minimum atomic E-state index is -0.443. The molecule has 2 aromatic heterocycles. The summed E-state index contributed by atoms with van der Waals surface area (Å²) >= 11 is 7.06. The maximum absolute atomic E-state index is 13.2. The van der Waals surface area contributed by atoms with E-state index in [4.69, 9.17) is 11.6 Å². The number of thiophene rings is 1. The molecule has 0 saturated heterocycles. The fraction of sp³-hybridized carbons (Fsp3) is 0.0400.